The molecule has 0 amide bonds. The molecule has 1 aromatic heterocycles. The van der Waals surface area contributed by atoms with Gasteiger partial charge in [-0.2, -0.15) is 0 Å². The molecule has 0 spiro atoms. The lowest BCUT2D eigenvalue weighted by Crippen LogP contribution is -2.08. The highest BCUT2D eigenvalue weighted by molar-refractivity contribution is 9.10. The van der Waals surface area contributed by atoms with Gasteiger partial charge in [-0.3, -0.25) is 4.98 Å². The molecule has 0 saturated heterocycles. The highest BCUT2D eigenvalue weighted by atomic mass is 79.9. The van der Waals surface area contributed by atoms with Crippen LogP contribution in [-0.2, 0) is 11.3 Å². The van der Waals surface area contributed by atoms with Gasteiger partial charge in [0.2, 0.25) is 0 Å². The van der Waals surface area contributed by atoms with Crippen LogP contribution in [0.1, 0.15) is 15.9 Å². The first-order valence-corrected chi connectivity index (χ1v) is 7.39. The Bertz CT molecular complexity index is 846. The quantitative estimate of drug-likeness (QED) is 0.646. The van der Waals surface area contributed by atoms with Crippen LogP contribution in [0.25, 0.3) is 10.9 Å². The number of benzene rings is 2. The number of rotatable bonds is 3. The Morgan fingerprint density at radius 2 is 2.00 bits per heavy atom. The fourth-order valence-corrected chi connectivity index (χ4v) is 2.49. The Balaban J connectivity index is 1.80. The summed E-state index contributed by atoms with van der Waals surface area (Å²) in [6, 6.07) is 13.6. The van der Waals surface area contributed by atoms with Gasteiger partial charge >= 0.3 is 5.97 Å². The molecule has 0 radical (unpaired) electrons. The molecule has 0 unspecified atom stereocenters. The number of halogens is 2. The highest BCUT2D eigenvalue weighted by Gasteiger charge is 2.14. The second-order valence-electron chi connectivity index (χ2n) is 4.69. The third kappa shape index (κ3) is 2.99. The summed E-state index contributed by atoms with van der Waals surface area (Å²) < 4.78 is 19.5. The molecule has 22 heavy (non-hydrogen) atoms. The summed E-state index contributed by atoms with van der Waals surface area (Å²) in [5.41, 5.74) is 1.47. The topological polar surface area (TPSA) is 39.2 Å². The Morgan fingerprint density at radius 1 is 1.18 bits per heavy atom. The van der Waals surface area contributed by atoms with Crippen LogP contribution in [0.5, 0.6) is 0 Å². The van der Waals surface area contributed by atoms with Crippen LogP contribution >= 0.6 is 15.9 Å². The van der Waals surface area contributed by atoms with E-state index >= 15 is 0 Å². The van der Waals surface area contributed by atoms with Crippen LogP contribution in [0, 0.1) is 5.82 Å². The first-order chi connectivity index (χ1) is 10.6. The number of carbonyl (C=O) groups excluding carboxylic acids is 1. The van der Waals surface area contributed by atoms with E-state index in [4.69, 9.17) is 4.74 Å². The molecule has 1 heterocycles. The van der Waals surface area contributed by atoms with Crippen molar-refractivity contribution in [2.24, 2.45) is 0 Å². The SMILES string of the molecule is O=C(OCc1cccc2cccnc12)c1ccc(Br)cc1F. The van der Waals surface area contributed by atoms with E-state index < -0.39 is 11.8 Å². The molecular formula is C17H11BrFNO2. The molecule has 0 atom stereocenters. The largest absolute Gasteiger partial charge is 0.457 e. The predicted octanol–water partition coefficient (Wildman–Crippen LogP) is 4.49. The van der Waals surface area contributed by atoms with Crippen molar-refractivity contribution in [1.82, 2.24) is 4.98 Å². The smallest absolute Gasteiger partial charge is 0.341 e. The predicted molar refractivity (Wildman–Crippen MR) is 85.0 cm³/mol. The minimum Gasteiger partial charge on any atom is -0.457 e. The van der Waals surface area contributed by atoms with Crippen molar-refractivity contribution in [2.45, 2.75) is 6.61 Å². The Labute approximate surface area is 134 Å². The second-order valence-corrected chi connectivity index (χ2v) is 5.61. The molecule has 0 bridgehead atoms. The van der Waals surface area contributed by atoms with Gasteiger partial charge in [-0.15, -0.1) is 0 Å². The number of hydrogen-bond donors (Lipinski definition) is 0. The molecule has 2 aromatic carbocycles. The molecule has 0 saturated carbocycles. The lowest BCUT2D eigenvalue weighted by atomic mass is 10.1. The van der Waals surface area contributed by atoms with Gasteiger partial charge in [0, 0.05) is 21.6 Å². The molecule has 0 aliphatic carbocycles. The maximum atomic E-state index is 13.7. The van der Waals surface area contributed by atoms with E-state index in [-0.39, 0.29) is 12.2 Å². The van der Waals surface area contributed by atoms with Crippen molar-refractivity contribution in [3.05, 3.63) is 76.1 Å². The van der Waals surface area contributed by atoms with Gasteiger partial charge in [-0.05, 0) is 24.3 Å². The molecule has 3 aromatic rings. The van der Waals surface area contributed by atoms with Gasteiger partial charge in [0.05, 0.1) is 11.1 Å². The van der Waals surface area contributed by atoms with Crippen molar-refractivity contribution in [1.29, 1.82) is 0 Å². The average molecular weight is 360 g/mol. The third-order valence-electron chi connectivity index (χ3n) is 3.23. The van der Waals surface area contributed by atoms with Crippen LogP contribution in [0.3, 0.4) is 0 Å². The molecule has 0 N–H and O–H groups in total. The van der Waals surface area contributed by atoms with Crippen LogP contribution in [-0.4, -0.2) is 11.0 Å². The van der Waals surface area contributed by atoms with E-state index in [0.717, 1.165) is 16.5 Å². The minimum absolute atomic E-state index is 0.0443. The zero-order valence-corrected chi connectivity index (χ0v) is 13.0. The maximum absolute atomic E-state index is 13.7. The van der Waals surface area contributed by atoms with E-state index in [9.17, 15) is 9.18 Å². The average Bonchev–Trinajstić information content (AvgIpc) is 2.52. The van der Waals surface area contributed by atoms with Crippen LogP contribution in [0.4, 0.5) is 4.39 Å². The summed E-state index contributed by atoms with van der Waals surface area (Å²) >= 11 is 3.15. The summed E-state index contributed by atoms with van der Waals surface area (Å²) in [4.78, 5) is 16.3. The van der Waals surface area contributed by atoms with Gasteiger partial charge in [0.1, 0.15) is 12.4 Å². The zero-order chi connectivity index (χ0) is 15.5. The Morgan fingerprint density at radius 3 is 2.82 bits per heavy atom. The molecule has 110 valence electrons. The number of fused-ring (bicyclic) bond motifs is 1. The van der Waals surface area contributed by atoms with E-state index in [1.807, 2.05) is 30.3 Å². The zero-order valence-electron chi connectivity index (χ0n) is 11.4. The number of nitrogens with zero attached hydrogens (tertiary/aromatic N) is 1. The first-order valence-electron chi connectivity index (χ1n) is 6.60. The first kappa shape index (κ1) is 14.7. The van der Waals surface area contributed by atoms with Crippen molar-refractivity contribution in [3.63, 3.8) is 0 Å². The fourth-order valence-electron chi connectivity index (χ4n) is 2.16. The molecule has 0 aliphatic rings. The summed E-state index contributed by atoms with van der Waals surface area (Å²) in [6.07, 6.45) is 1.68. The van der Waals surface area contributed by atoms with Gasteiger partial charge in [0.25, 0.3) is 0 Å². The monoisotopic (exact) mass is 359 g/mol. The second kappa shape index (κ2) is 6.23. The number of aromatic nitrogens is 1. The van der Waals surface area contributed by atoms with Crippen molar-refractivity contribution in [3.8, 4) is 0 Å². The lowest BCUT2D eigenvalue weighted by Gasteiger charge is -2.08. The molecular weight excluding hydrogens is 349 g/mol. The highest BCUT2D eigenvalue weighted by Crippen LogP contribution is 2.19. The molecule has 3 rings (SSSR count). The number of para-hydroxylation sites is 1. The third-order valence-corrected chi connectivity index (χ3v) is 3.72. The molecule has 5 heteroatoms. The van der Waals surface area contributed by atoms with E-state index in [2.05, 4.69) is 20.9 Å². The van der Waals surface area contributed by atoms with Crippen LogP contribution in [0.15, 0.2) is 59.2 Å². The van der Waals surface area contributed by atoms with E-state index in [1.54, 1.807) is 12.3 Å². The Hall–Kier alpha value is -2.27. The molecule has 0 aliphatic heterocycles. The van der Waals surface area contributed by atoms with Gasteiger partial charge in [-0.1, -0.05) is 40.2 Å². The molecule has 0 fully saturated rings. The van der Waals surface area contributed by atoms with Crippen LogP contribution < -0.4 is 0 Å². The number of hydrogen-bond acceptors (Lipinski definition) is 3. The van der Waals surface area contributed by atoms with Crippen molar-refractivity contribution in [2.75, 3.05) is 0 Å². The van der Waals surface area contributed by atoms with Crippen molar-refractivity contribution >= 4 is 32.8 Å². The summed E-state index contributed by atoms with van der Waals surface area (Å²) in [5.74, 6) is -1.31. The summed E-state index contributed by atoms with van der Waals surface area (Å²) in [5, 5.41) is 0.964. The van der Waals surface area contributed by atoms with Crippen molar-refractivity contribution < 1.29 is 13.9 Å². The van der Waals surface area contributed by atoms with Gasteiger partial charge < -0.3 is 4.74 Å². The normalized spacial score (nSPS) is 10.6. The summed E-state index contributed by atoms with van der Waals surface area (Å²) in [7, 11) is 0. The lowest BCUT2D eigenvalue weighted by molar-refractivity contribution is 0.0469. The van der Waals surface area contributed by atoms with Gasteiger partial charge in [-0.25, -0.2) is 9.18 Å². The van der Waals surface area contributed by atoms with Crippen LogP contribution in [0.2, 0.25) is 0 Å². The summed E-state index contributed by atoms with van der Waals surface area (Å²) in [6.45, 7) is 0.0443. The molecule has 3 nitrogen and oxygen atoms in total. The van der Waals surface area contributed by atoms with Gasteiger partial charge in [0.15, 0.2) is 0 Å². The minimum atomic E-state index is -0.696. The maximum Gasteiger partial charge on any atom is 0.341 e. The Kier molecular flexibility index (Phi) is 4.15. The number of pyridine rings is 1. The number of ether oxygens (including phenoxy) is 1. The van der Waals surface area contributed by atoms with E-state index in [0.29, 0.717) is 4.47 Å². The number of esters is 1. The number of carbonyl (C=O) groups is 1. The fraction of sp³-hybridized carbons (Fsp3) is 0.0588. The van der Waals surface area contributed by atoms with E-state index in [1.165, 1.54) is 12.1 Å². The standard InChI is InChI=1S/C17H11BrFNO2/c18-13-6-7-14(15(19)9-13)17(21)22-10-12-4-1-3-11-5-2-8-20-16(11)12/h1-9H,10H2.